The Balaban J connectivity index is 0. The van der Waals surface area contributed by atoms with E-state index in [-0.39, 0.29) is 23.1 Å². The maximum atomic E-state index is 10.2. The molecule has 0 aromatic rings. The van der Waals surface area contributed by atoms with Crippen LogP contribution >= 0.6 is 8.25 Å². The van der Waals surface area contributed by atoms with Crippen LogP contribution in [0.3, 0.4) is 0 Å². The summed E-state index contributed by atoms with van der Waals surface area (Å²) in [6.45, 7) is 2.35. The van der Waals surface area contributed by atoms with E-state index in [1.165, 1.54) is 0 Å². The Labute approximate surface area is 71.1 Å². The summed E-state index contributed by atoms with van der Waals surface area (Å²) in [6, 6.07) is 0. The van der Waals surface area contributed by atoms with Crippen molar-refractivity contribution in [3.05, 3.63) is 0 Å². The van der Waals surface area contributed by atoms with Crippen LogP contribution in [-0.2, 0) is 13.7 Å². The molecule has 0 aliphatic rings. The summed E-state index contributed by atoms with van der Waals surface area (Å²) in [4.78, 5) is 0. The number of nitrogens with two attached hydrogens (primary N) is 1. The molecule has 2 N–H and O–H groups in total. The van der Waals surface area contributed by atoms with E-state index >= 15 is 0 Å². The van der Waals surface area contributed by atoms with Crippen LogP contribution in [0.5, 0.6) is 0 Å². The molecule has 0 saturated carbocycles. The van der Waals surface area contributed by atoms with E-state index in [0.29, 0.717) is 6.61 Å². The summed E-state index contributed by atoms with van der Waals surface area (Å²) >= 11 is 0. The van der Waals surface area contributed by atoms with Crippen LogP contribution in [0.15, 0.2) is 0 Å². The number of hydrogen-bond donors (Lipinski definition) is 1. The highest BCUT2D eigenvalue weighted by Crippen LogP contribution is 2.19. The first-order chi connectivity index (χ1) is 3.81. The van der Waals surface area contributed by atoms with E-state index in [2.05, 4.69) is 15.0 Å². The predicted molar refractivity (Wildman–Crippen MR) is 39.1 cm³/mol. The molecular weight excluding hydrogens is 153 g/mol. The Morgan fingerprint density at radius 3 is 2.56 bits per heavy atom. The van der Waals surface area contributed by atoms with E-state index < -0.39 is 8.25 Å². The average Bonchev–Trinajstić information content (AvgIpc) is 1.83. The van der Waals surface area contributed by atoms with Gasteiger partial charge in [-0.1, -0.05) is 6.92 Å². The van der Waals surface area contributed by atoms with Gasteiger partial charge in [0.25, 0.3) is 0 Å². The van der Waals surface area contributed by atoms with E-state index in [1.54, 1.807) is 0 Å². The molecule has 0 aliphatic heterocycles. The van der Waals surface area contributed by atoms with Gasteiger partial charge in [0.15, 0.2) is 0 Å². The Bertz CT molecular complexity index is 81.5. The second kappa shape index (κ2) is 8.88. The Kier molecular flexibility index (Phi) is 12.4. The summed E-state index contributed by atoms with van der Waals surface area (Å²) in [5.41, 5.74) is 0. The van der Waals surface area contributed by atoms with Crippen molar-refractivity contribution in [1.82, 2.24) is 0 Å². The molecule has 0 aromatic heterocycles. The average molecular weight is 165 g/mol. The lowest BCUT2D eigenvalue weighted by molar-refractivity contribution is 0.230. The maximum Gasteiger partial charge on any atom is 0.335 e. The predicted octanol–water partition coefficient (Wildman–Crippen LogP) is -0.223. The van der Waals surface area contributed by atoms with Crippen molar-refractivity contribution < 1.29 is 13.7 Å². The third-order valence-electron chi connectivity index (χ3n) is 0.520. The van der Waals surface area contributed by atoms with E-state index in [1.807, 2.05) is 6.92 Å². The molecule has 4 nitrogen and oxygen atoms in total. The molecular formula is C3H12MgNO3P. The summed E-state index contributed by atoms with van der Waals surface area (Å²) in [5, 5.41) is 0. The van der Waals surface area contributed by atoms with Crippen molar-refractivity contribution in [2.75, 3.05) is 6.61 Å². The fraction of sp³-hybridized carbons (Fsp3) is 1.00. The number of hydrogen-bond acceptors (Lipinski definition) is 4. The molecule has 6 heteroatoms. The van der Waals surface area contributed by atoms with Crippen molar-refractivity contribution in [2.45, 2.75) is 13.3 Å². The van der Waals surface area contributed by atoms with Gasteiger partial charge in [0.05, 0.1) is 6.61 Å². The molecule has 0 amide bonds. The molecule has 0 fully saturated rings. The first-order valence-corrected chi connectivity index (χ1v) is 3.57. The highest BCUT2D eigenvalue weighted by atomic mass is 31.1. The van der Waals surface area contributed by atoms with Gasteiger partial charge in [-0.25, -0.2) is 10.5 Å². The summed E-state index contributed by atoms with van der Waals surface area (Å²) in [5.74, 6) is 4.52. The Morgan fingerprint density at radius 1 is 1.67 bits per heavy atom. The zero-order valence-electron chi connectivity index (χ0n) is 4.72. The third-order valence-corrected chi connectivity index (χ3v) is 1.15. The molecule has 0 heterocycles. The van der Waals surface area contributed by atoms with Gasteiger partial charge in [0.1, 0.15) is 0 Å². The molecule has 1 atom stereocenters. The molecule has 0 aliphatic carbocycles. The summed E-state index contributed by atoms with van der Waals surface area (Å²) < 4.78 is 18.6. The quantitative estimate of drug-likeness (QED) is 0.355. The largest absolute Gasteiger partial charge is 0.335 e. The van der Waals surface area contributed by atoms with Crippen LogP contribution in [0.4, 0.5) is 0 Å². The summed E-state index contributed by atoms with van der Waals surface area (Å²) in [7, 11) is -2.36. The number of rotatable bonds is 4. The fourth-order valence-corrected chi connectivity index (χ4v) is 0.658. The second-order valence-corrected chi connectivity index (χ2v) is 2.24. The lowest BCUT2D eigenvalue weighted by Crippen LogP contribution is -1.91. The minimum absolute atomic E-state index is 0. The van der Waals surface area contributed by atoms with Crippen LogP contribution in [0.2, 0.25) is 0 Å². The van der Waals surface area contributed by atoms with Gasteiger partial charge in [-0.15, -0.1) is 0 Å². The lowest BCUT2D eigenvalue weighted by Gasteiger charge is -1.96. The Hall–Kier alpha value is 0.876. The lowest BCUT2D eigenvalue weighted by atomic mass is 10.5. The maximum absolute atomic E-state index is 10.2. The third kappa shape index (κ3) is 8.88. The Morgan fingerprint density at radius 2 is 2.22 bits per heavy atom. The van der Waals surface area contributed by atoms with E-state index in [4.69, 9.17) is 0 Å². The van der Waals surface area contributed by atoms with Crippen LogP contribution in [0.25, 0.3) is 0 Å². The topological polar surface area (TPSA) is 61.5 Å². The highest BCUT2D eigenvalue weighted by Gasteiger charge is 1.91. The van der Waals surface area contributed by atoms with Crippen LogP contribution < -0.4 is 5.90 Å². The van der Waals surface area contributed by atoms with Gasteiger partial charge in [0, 0.05) is 0 Å². The smallest absolute Gasteiger partial charge is 0.310 e. The van der Waals surface area contributed by atoms with Crippen LogP contribution in [0.1, 0.15) is 13.3 Å². The van der Waals surface area contributed by atoms with E-state index in [0.717, 1.165) is 6.42 Å². The highest BCUT2D eigenvalue weighted by molar-refractivity contribution is 7.33. The second-order valence-electron chi connectivity index (χ2n) is 1.22. The van der Waals surface area contributed by atoms with Crippen LogP contribution in [-0.4, -0.2) is 29.7 Å². The first kappa shape index (κ1) is 12.5. The van der Waals surface area contributed by atoms with Crippen molar-refractivity contribution in [3.63, 3.8) is 0 Å². The van der Waals surface area contributed by atoms with Crippen molar-refractivity contribution in [1.29, 1.82) is 0 Å². The molecule has 54 valence electrons. The molecule has 0 bridgehead atoms. The molecule has 0 rings (SSSR count). The van der Waals surface area contributed by atoms with Crippen molar-refractivity contribution >= 4 is 31.3 Å². The SMILES string of the molecule is CCCO[PH](=O)ON.[MgH2]. The van der Waals surface area contributed by atoms with Crippen molar-refractivity contribution in [3.8, 4) is 0 Å². The fourth-order valence-electron chi connectivity index (χ4n) is 0.219. The molecule has 9 heavy (non-hydrogen) atoms. The van der Waals surface area contributed by atoms with E-state index in [9.17, 15) is 4.57 Å². The standard InChI is InChI=1S/C3H10NO3P.Mg.2H/c1-2-3-6-8(5)7-4;;;/h8H,2-4H2,1H3;;;. The van der Waals surface area contributed by atoms with Crippen LogP contribution in [0, 0.1) is 0 Å². The molecule has 0 spiro atoms. The molecule has 0 radical (unpaired) electrons. The van der Waals surface area contributed by atoms with Gasteiger partial charge in [-0.3, -0.25) is 4.57 Å². The van der Waals surface area contributed by atoms with Gasteiger partial charge >= 0.3 is 31.3 Å². The normalized spacial score (nSPS) is 12.2. The van der Waals surface area contributed by atoms with Gasteiger partial charge < -0.3 is 4.52 Å². The molecule has 0 saturated heterocycles. The molecule has 1 unspecified atom stereocenters. The summed E-state index contributed by atoms with van der Waals surface area (Å²) in [6.07, 6.45) is 0.819. The van der Waals surface area contributed by atoms with Gasteiger partial charge in [-0.2, -0.15) is 0 Å². The zero-order chi connectivity index (χ0) is 6.41. The molecule has 0 aromatic carbocycles. The van der Waals surface area contributed by atoms with Crippen molar-refractivity contribution in [2.24, 2.45) is 5.90 Å². The minimum Gasteiger partial charge on any atom is -0.310 e. The van der Waals surface area contributed by atoms with Gasteiger partial charge in [0.2, 0.25) is 0 Å². The minimum atomic E-state index is -2.36. The monoisotopic (exact) mass is 165 g/mol. The first-order valence-electron chi connectivity index (χ1n) is 2.34. The van der Waals surface area contributed by atoms with Gasteiger partial charge in [-0.05, 0) is 6.42 Å². The zero-order valence-corrected chi connectivity index (χ0v) is 5.72.